The first-order chi connectivity index (χ1) is 7.39. The number of hydrogen-bond acceptors (Lipinski definition) is 5. The van der Waals surface area contributed by atoms with Crippen LogP contribution in [0.2, 0.25) is 0 Å². The molecular formula is C10H16N2O2S2. The zero-order valence-electron chi connectivity index (χ0n) is 9.43. The molecule has 2 rings (SSSR count). The molecule has 1 atom stereocenters. The number of nitrogens with zero attached hydrogens (tertiary/aromatic N) is 1. The second kappa shape index (κ2) is 4.09. The van der Waals surface area contributed by atoms with Crippen LogP contribution in [-0.4, -0.2) is 19.2 Å². The Kier molecular flexibility index (Phi) is 3.07. The van der Waals surface area contributed by atoms with Crippen molar-refractivity contribution in [2.24, 2.45) is 11.7 Å². The topological polar surface area (TPSA) is 73.0 Å². The lowest BCUT2D eigenvalue weighted by molar-refractivity contribution is 0.511. The summed E-state index contributed by atoms with van der Waals surface area (Å²) in [6.45, 7) is 4.09. The van der Waals surface area contributed by atoms with Crippen LogP contribution in [0.1, 0.15) is 35.5 Å². The third-order valence-corrected chi connectivity index (χ3v) is 5.74. The molecule has 0 aromatic carbocycles. The number of sulfone groups is 1. The highest BCUT2D eigenvalue weighted by Crippen LogP contribution is 2.31. The van der Waals surface area contributed by atoms with Gasteiger partial charge in [-0.3, -0.25) is 0 Å². The predicted octanol–water partition coefficient (Wildman–Crippen LogP) is 1.27. The fourth-order valence-electron chi connectivity index (χ4n) is 1.66. The molecule has 1 unspecified atom stereocenters. The highest BCUT2D eigenvalue weighted by Gasteiger charge is 2.26. The molecule has 0 spiro atoms. The maximum absolute atomic E-state index is 11.5. The summed E-state index contributed by atoms with van der Waals surface area (Å²) in [6, 6.07) is -0.0849. The Labute approximate surface area is 99.8 Å². The first kappa shape index (κ1) is 12.0. The fraction of sp³-hybridized carbons (Fsp3) is 0.700. The van der Waals surface area contributed by atoms with Gasteiger partial charge in [0.25, 0.3) is 0 Å². The van der Waals surface area contributed by atoms with Crippen molar-refractivity contribution in [2.45, 2.75) is 32.1 Å². The average Bonchev–Trinajstić information content (AvgIpc) is 2.57. The second-order valence-electron chi connectivity index (χ2n) is 4.53. The first-order valence-corrected chi connectivity index (χ1v) is 7.97. The smallest absolute Gasteiger partial charge is 0.155 e. The van der Waals surface area contributed by atoms with Gasteiger partial charge < -0.3 is 5.73 Å². The van der Waals surface area contributed by atoms with Gasteiger partial charge >= 0.3 is 0 Å². The summed E-state index contributed by atoms with van der Waals surface area (Å²) in [4.78, 5) is 5.35. The number of rotatable bonds is 2. The molecule has 90 valence electrons. The monoisotopic (exact) mass is 260 g/mol. The van der Waals surface area contributed by atoms with E-state index < -0.39 is 9.84 Å². The first-order valence-electron chi connectivity index (χ1n) is 5.33. The van der Waals surface area contributed by atoms with Crippen LogP contribution in [0, 0.1) is 5.92 Å². The maximum atomic E-state index is 11.5. The third-order valence-electron chi connectivity index (χ3n) is 2.80. The molecule has 1 aromatic rings. The molecule has 2 heterocycles. The van der Waals surface area contributed by atoms with Gasteiger partial charge in [-0.2, -0.15) is 0 Å². The fourth-order valence-corrected chi connectivity index (χ4v) is 4.73. The van der Waals surface area contributed by atoms with Crippen LogP contribution in [-0.2, 0) is 22.0 Å². The van der Waals surface area contributed by atoms with Gasteiger partial charge in [0.1, 0.15) is 5.01 Å². The Morgan fingerprint density at radius 2 is 2.12 bits per heavy atom. The molecule has 16 heavy (non-hydrogen) atoms. The molecule has 0 saturated carbocycles. The number of thiazole rings is 1. The molecule has 1 aliphatic heterocycles. The molecule has 0 saturated heterocycles. The van der Waals surface area contributed by atoms with Crippen molar-refractivity contribution in [3.05, 3.63) is 15.6 Å². The Balaban J connectivity index is 2.32. The Morgan fingerprint density at radius 1 is 1.44 bits per heavy atom. The number of aryl methyl sites for hydroxylation is 1. The molecule has 0 amide bonds. The quantitative estimate of drug-likeness (QED) is 0.869. The van der Waals surface area contributed by atoms with Crippen molar-refractivity contribution in [1.29, 1.82) is 0 Å². The molecule has 6 heteroatoms. The summed E-state index contributed by atoms with van der Waals surface area (Å²) in [5.41, 5.74) is 6.95. The van der Waals surface area contributed by atoms with E-state index >= 15 is 0 Å². The normalized spacial score (nSPS) is 20.8. The average molecular weight is 260 g/mol. The minimum atomic E-state index is -2.90. The van der Waals surface area contributed by atoms with Crippen LogP contribution in [0.4, 0.5) is 0 Å². The van der Waals surface area contributed by atoms with Gasteiger partial charge in [0.15, 0.2) is 9.84 Å². The van der Waals surface area contributed by atoms with Crippen molar-refractivity contribution >= 4 is 21.2 Å². The molecule has 0 bridgehead atoms. The number of nitrogens with two attached hydrogens (primary N) is 1. The molecule has 1 aromatic heterocycles. The third kappa shape index (κ3) is 2.28. The summed E-state index contributed by atoms with van der Waals surface area (Å²) in [5, 5.41) is 0.872. The Bertz CT molecular complexity index is 491. The lowest BCUT2D eigenvalue weighted by Crippen LogP contribution is -2.18. The predicted molar refractivity (Wildman–Crippen MR) is 65.1 cm³/mol. The standard InChI is InChI=1S/C10H16N2O2S2/c1-6(2)9(11)10-12-7-3-4-16(13,14)5-8(7)15-10/h6,9H,3-5,11H2,1-2H3. The van der Waals surface area contributed by atoms with E-state index in [1.165, 1.54) is 11.3 Å². The molecule has 0 radical (unpaired) electrons. The summed E-state index contributed by atoms with van der Waals surface area (Å²) in [6.07, 6.45) is 0.541. The summed E-state index contributed by atoms with van der Waals surface area (Å²) < 4.78 is 22.9. The highest BCUT2D eigenvalue weighted by molar-refractivity contribution is 7.90. The van der Waals surface area contributed by atoms with E-state index in [1.807, 2.05) is 13.8 Å². The number of hydrogen-bond donors (Lipinski definition) is 1. The van der Waals surface area contributed by atoms with Gasteiger partial charge in [-0.15, -0.1) is 11.3 Å². The largest absolute Gasteiger partial charge is 0.322 e. The zero-order chi connectivity index (χ0) is 11.9. The van der Waals surface area contributed by atoms with Crippen LogP contribution in [0.25, 0.3) is 0 Å². The SMILES string of the molecule is CC(C)C(N)c1nc2c(s1)CS(=O)(=O)CC2. The second-order valence-corrected chi connectivity index (χ2v) is 7.83. The molecule has 0 fully saturated rings. The molecular weight excluding hydrogens is 244 g/mol. The molecule has 4 nitrogen and oxygen atoms in total. The summed E-state index contributed by atoms with van der Waals surface area (Å²) in [5.74, 6) is 0.689. The number of aromatic nitrogens is 1. The van der Waals surface area contributed by atoms with Crippen LogP contribution in [0.3, 0.4) is 0 Å². The molecule has 1 aliphatic rings. The van der Waals surface area contributed by atoms with Crippen molar-refractivity contribution in [2.75, 3.05) is 5.75 Å². The Hall–Kier alpha value is -0.460. The van der Waals surface area contributed by atoms with E-state index in [1.54, 1.807) is 0 Å². The van der Waals surface area contributed by atoms with E-state index in [-0.39, 0.29) is 17.5 Å². The van der Waals surface area contributed by atoms with Crippen molar-refractivity contribution in [1.82, 2.24) is 4.98 Å². The van der Waals surface area contributed by atoms with Gasteiger partial charge in [-0.25, -0.2) is 13.4 Å². The Morgan fingerprint density at radius 3 is 2.75 bits per heavy atom. The van der Waals surface area contributed by atoms with E-state index in [2.05, 4.69) is 4.98 Å². The van der Waals surface area contributed by atoms with Crippen molar-refractivity contribution in [3.63, 3.8) is 0 Å². The molecule has 2 N–H and O–H groups in total. The van der Waals surface area contributed by atoms with Gasteiger partial charge in [-0.1, -0.05) is 13.8 Å². The number of fused-ring (bicyclic) bond motifs is 1. The lowest BCUT2D eigenvalue weighted by Gasteiger charge is -2.11. The minimum Gasteiger partial charge on any atom is -0.322 e. The van der Waals surface area contributed by atoms with E-state index in [4.69, 9.17) is 5.73 Å². The van der Waals surface area contributed by atoms with E-state index in [0.717, 1.165) is 15.6 Å². The van der Waals surface area contributed by atoms with Gasteiger partial charge in [0, 0.05) is 11.3 Å². The van der Waals surface area contributed by atoms with Gasteiger partial charge in [-0.05, 0) is 5.92 Å². The van der Waals surface area contributed by atoms with Crippen LogP contribution in [0.15, 0.2) is 0 Å². The highest BCUT2D eigenvalue weighted by atomic mass is 32.2. The van der Waals surface area contributed by atoms with Crippen LogP contribution < -0.4 is 5.73 Å². The van der Waals surface area contributed by atoms with E-state index in [0.29, 0.717) is 12.3 Å². The van der Waals surface area contributed by atoms with Crippen molar-refractivity contribution in [3.8, 4) is 0 Å². The van der Waals surface area contributed by atoms with Crippen LogP contribution >= 0.6 is 11.3 Å². The van der Waals surface area contributed by atoms with Gasteiger partial charge in [0.2, 0.25) is 0 Å². The minimum absolute atomic E-state index is 0.0849. The zero-order valence-corrected chi connectivity index (χ0v) is 11.1. The summed E-state index contributed by atoms with van der Waals surface area (Å²) in [7, 11) is -2.90. The van der Waals surface area contributed by atoms with Gasteiger partial charge in [0.05, 0.1) is 23.2 Å². The summed E-state index contributed by atoms with van der Waals surface area (Å²) >= 11 is 1.46. The van der Waals surface area contributed by atoms with E-state index in [9.17, 15) is 8.42 Å². The van der Waals surface area contributed by atoms with Crippen molar-refractivity contribution < 1.29 is 8.42 Å². The molecule has 0 aliphatic carbocycles. The van der Waals surface area contributed by atoms with Crippen LogP contribution in [0.5, 0.6) is 0 Å². The lowest BCUT2D eigenvalue weighted by atomic mass is 10.1. The maximum Gasteiger partial charge on any atom is 0.155 e.